The van der Waals surface area contributed by atoms with Crippen molar-refractivity contribution >= 4 is 11.9 Å². The first-order valence-corrected chi connectivity index (χ1v) is 5.98. The summed E-state index contributed by atoms with van der Waals surface area (Å²) in [5, 5.41) is 8.82. The highest BCUT2D eigenvalue weighted by Gasteiger charge is 2.23. The first kappa shape index (κ1) is 15.9. The van der Waals surface area contributed by atoms with E-state index in [0.717, 1.165) is 6.42 Å². The van der Waals surface area contributed by atoms with Crippen LogP contribution >= 0.6 is 0 Å². The summed E-state index contributed by atoms with van der Waals surface area (Å²) >= 11 is 0. The van der Waals surface area contributed by atoms with E-state index in [1.807, 2.05) is 0 Å². The monoisotopic (exact) mass is 244 g/mol. The molecule has 0 aromatic rings. The highest BCUT2D eigenvalue weighted by atomic mass is 16.4. The summed E-state index contributed by atoms with van der Waals surface area (Å²) in [6, 6.07) is -0.792. The van der Waals surface area contributed by atoms with Crippen LogP contribution in [0.3, 0.4) is 0 Å². The van der Waals surface area contributed by atoms with Crippen LogP contribution in [0.5, 0.6) is 0 Å². The molecule has 3 N–H and O–H groups in total. The third-order valence-corrected chi connectivity index (χ3v) is 2.93. The third kappa shape index (κ3) is 5.68. The molecule has 0 aliphatic heterocycles. The number of likely N-dealkylation sites (N-methyl/N-ethyl adjacent to an activating group) is 1. The zero-order valence-corrected chi connectivity index (χ0v) is 11.1. The number of hydrogen-bond acceptors (Lipinski definition) is 3. The average Bonchev–Trinajstić information content (AvgIpc) is 2.24. The van der Waals surface area contributed by atoms with Crippen LogP contribution in [-0.2, 0) is 9.59 Å². The Bertz CT molecular complexity index is 266. The van der Waals surface area contributed by atoms with Crippen LogP contribution in [0.4, 0.5) is 0 Å². The van der Waals surface area contributed by atoms with Gasteiger partial charge in [-0.05, 0) is 31.7 Å². The van der Waals surface area contributed by atoms with E-state index in [4.69, 9.17) is 10.8 Å². The predicted octanol–water partition coefficient (Wildman–Crippen LogP) is 0.929. The van der Waals surface area contributed by atoms with E-state index in [0.29, 0.717) is 18.9 Å². The number of amides is 1. The van der Waals surface area contributed by atoms with Gasteiger partial charge in [-0.1, -0.05) is 13.8 Å². The Kier molecular flexibility index (Phi) is 6.80. The summed E-state index contributed by atoms with van der Waals surface area (Å²) in [4.78, 5) is 23.9. The molecule has 17 heavy (non-hydrogen) atoms. The van der Waals surface area contributed by atoms with Crippen molar-refractivity contribution in [2.75, 3.05) is 13.6 Å². The molecule has 0 bridgehead atoms. The average molecular weight is 244 g/mol. The Morgan fingerprint density at radius 1 is 1.29 bits per heavy atom. The molecule has 0 aliphatic carbocycles. The van der Waals surface area contributed by atoms with Gasteiger partial charge in [0.1, 0.15) is 6.04 Å². The lowest BCUT2D eigenvalue weighted by molar-refractivity contribution is -0.148. The fraction of sp³-hybridized carbons (Fsp3) is 0.833. The van der Waals surface area contributed by atoms with Crippen molar-refractivity contribution in [1.29, 1.82) is 0 Å². The summed E-state index contributed by atoms with van der Waals surface area (Å²) in [5.41, 5.74) is 5.62. The van der Waals surface area contributed by atoms with E-state index in [9.17, 15) is 9.59 Å². The Hall–Kier alpha value is -1.10. The van der Waals surface area contributed by atoms with Gasteiger partial charge in [0.25, 0.3) is 0 Å². The van der Waals surface area contributed by atoms with Crippen molar-refractivity contribution in [2.45, 2.75) is 39.7 Å². The highest BCUT2D eigenvalue weighted by Crippen LogP contribution is 2.15. The molecule has 1 amide bonds. The van der Waals surface area contributed by atoms with Gasteiger partial charge in [-0.3, -0.25) is 4.79 Å². The molecule has 0 heterocycles. The molecule has 5 heteroatoms. The number of carboxylic acids is 1. The quantitative estimate of drug-likeness (QED) is 0.697. The summed E-state index contributed by atoms with van der Waals surface area (Å²) in [7, 11) is 1.52. The predicted molar refractivity (Wildman–Crippen MR) is 66.5 cm³/mol. The number of rotatable bonds is 7. The van der Waals surface area contributed by atoms with Crippen molar-refractivity contribution in [1.82, 2.24) is 4.90 Å². The SMILES string of the molecule is CC(C)C[C@H](CN)CC(=O)N(C)C(C)C(=O)O. The van der Waals surface area contributed by atoms with Crippen LogP contribution < -0.4 is 5.73 Å². The molecule has 100 valence electrons. The van der Waals surface area contributed by atoms with E-state index >= 15 is 0 Å². The lowest BCUT2D eigenvalue weighted by Gasteiger charge is -2.24. The van der Waals surface area contributed by atoms with E-state index in [1.165, 1.54) is 18.9 Å². The fourth-order valence-electron chi connectivity index (χ4n) is 1.70. The lowest BCUT2D eigenvalue weighted by atomic mass is 9.93. The van der Waals surface area contributed by atoms with Crippen molar-refractivity contribution in [3.63, 3.8) is 0 Å². The second-order valence-corrected chi connectivity index (χ2v) is 4.95. The minimum Gasteiger partial charge on any atom is -0.480 e. The normalized spacial score (nSPS) is 14.5. The van der Waals surface area contributed by atoms with Crippen LogP contribution in [0.2, 0.25) is 0 Å². The van der Waals surface area contributed by atoms with Crippen LogP contribution in [0.15, 0.2) is 0 Å². The molecule has 0 saturated heterocycles. The second-order valence-electron chi connectivity index (χ2n) is 4.95. The number of aliphatic carboxylic acids is 1. The van der Waals surface area contributed by atoms with E-state index < -0.39 is 12.0 Å². The van der Waals surface area contributed by atoms with Gasteiger partial charge in [0.15, 0.2) is 0 Å². The third-order valence-electron chi connectivity index (χ3n) is 2.93. The largest absolute Gasteiger partial charge is 0.480 e. The Labute approximate surface area is 103 Å². The molecule has 0 aromatic carbocycles. The number of carbonyl (C=O) groups excluding carboxylic acids is 1. The molecular weight excluding hydrogens is 220 g/mol. The van der Waals surface area contributed by atoms with Gasteiger partial charge in [0.2, 0.25) is 5.91 Å². The molecule has 0 aliphatic rings. The zero-order chi connectivity index (χ0) is 13.6. The number of carboxylic acid groups (broad SMARTS) is 1. The van der Waals surface area contributed by atoms with Gasteiger partial charge in [0.05, 0.1) is 0 Å². The first-order chi connectivity index (χ1) is 7.79. The molecule has 0 saturated carbocycles. The molecule has 2 atom stereocenters. The van der Waals surface area contributed by atoms with Crippen molar-refractivity contribution in [2.24, 2.45) is 17.6 Å². The van der Waals surface area contributed by atoms with Gasteiger partial charge in [-0.15, -0.1) is 0 Å². The van der Waals surface area contributed by atoms with Gasteiger partial charge < -0.3 is 15.7 Å². The Morgan fingerprint density at radius 2 is 1.82 bits per heavy atom. The smallest absolute Gasteiger partial charge is 0.326 e. The number of carbonyl (C=O) groups is 2. The minimum atomic E-state index is -0.992. The maximum Gasteiger partial charge on any atom is 0.326 e. The molecule has 5 nitrogen and oxygen atoms in total. The highest BCUT2D eigenvalue weighted by molar-refractivity contribution is 5.83. The van der Waals surface area contributed by atoms with E-state index in [1.54, 1.807) is 0 Å². The molecule has 0 rings (SSSR count). The van der Waals surface area contributed by atoms with Crippen LogP contribution in [-0.4, -0.2) is 41.5 Å². The number of nitrogens with zero attached hydrogens (tertiary/aromatic N) is 1. The molecular formula is C12H24N2O3. The van der Waals surface area contributed by atoms with Crippen molar-refractivity contribution < 1.29 is 14.7 Å². The van der Waals surface area contributed by atoms with Gasteiger partial charge in [-0.25, -0.2) is 4.79 Å². The fourth-order valence-corrected chi connectivity index (χ4v) is 1.70. The summed E-state index contributed by atoms with van der Waals surface area (Å²) in [6.45, 7) is 6.12. The van der Waals surface area contributed by atoms with Crippen LogP contribution in [0.1, 0.15) is 33.6 Å². The number of hydrogen-bond donors (Lipinski definition) is 2. The summed E-state index contributed by atoms with van der Waals surface area (Å²) < 4.78 is 0. The van der Waals surface area contributed by atoms with Gasteiger partial charge in [0, 0.05) is 13.5 Å². The molecule has 0 aromatic heterocycles. The maximum atomic E-state index is 11.8. The molecule has 0 fully saturated rings. The topological polar surface area (TPSA) is 83.6 Å². The molecule has 0 spiro atoms. The lowest BCUT2D eigenvalue weighted by Crippen LogP contribution is -2.41. The van der Waals surface area contributed by atoms with Crippen molar-refractivity contribution in [3.05, 3.63) is 0 Å². The van der Waals surface area contributed by atoms with Gasteiger partial charge >= 0.3 is 5.97 Å². The second kappa shape index (κ2) is 7.27. The summed E-state index contributed by atoms with van der Waals surface area (Å²) in [5.74, 6) is -0.533. The Balaban J connectivity index is 4.35. The van der Waals surface area contributed by atoms with E-state index in [2.05, 4.69) is 13.8 Å². The standard InChI is InChI=1S/C12H24N2O3/c1-8(2)5-10(7-13)6-11(15)14(4)9(3)12(16)17/h8-10H,5-7,13H2,1-4H3,(H,16,17)/t9?,10-/m0/s1. The van der Waals surface area contributed by atoms with Gasteiger partial charge in [-0.2, -0.15) is 0 Å². The van der Waals surface area contributed by atoms with Crippen LogP contribution in [0, 0.1) is 11.8 Å². The molecule has 1 unspecified atom stereocenters. The summed E-state index contributed by atoms with van der Waals surface area (Å²) in [6.07, 6.45) is 1.21. The first-order valence-electron chi connectivity index (χ1n) is 5.98. The minimum absolute atomic E-state index is 0.131. The van der Waals surface area contributed by atoms with Crippen LogP contribution in [0.25, 0.3) is 0 Å². The molecule has 0 radical (unpaired) electrons. The number of nitrogens with two attached hydrogens (primary N) is 1. The Morgan fingerprint density at radius 3 is 2.18 bits per heavy atom. The maximum absolute atomic E-state index is 11.8. The van der Waals surface area contributed by atoms with E-state index in [-0.39, 0.29) is 11.8 Å². The van der Waals surface area contributed by atoms with Crippen molar-refractivity contribution in [3.8, 4) is 0 Å². The zero-order valence-electron chi connectivity index (χ0n) is 11.1.